The summed E-state index contributed by atoms with van der Waals surface area (Å²) in [5.41, 5.74) is 5.99. The van der Waals surface area contributed by atoms with Crippen LogP contribution in [0, 0.1) is 5.92 Å². The Bertz CT molecular complexity index is 1140. The minimum Gasteiger partial charge on any atom is -0.419 e. The summed E-state index contributed by atoms with van der Waals surface area (Å²) >= 11 is 5.92. The molecule has 31 heavy (non-hydrogen) atoms. The second-order valence-electron chi connectivity index (χ2n) is 7.42. The van der Waals surface area contributed by atoms with Crippen molar-refractivity contribution in [3.8, 4) is 11.5 Å². The fourth-order valence-corrected chi connectivity index (χ4v) is 3.22. The lowest BCUT2D eigenvalue weighted by Gasteiger charge is -2.25. The van der Waals surface area contributed by atoms with E-state index in [9.17, 15) is 9.59 Å². The van der Waals surface area contributed by atoms with Crippen LogP contribution in [0.5, 0.6) is 0 Å². The standard InChI is InChI=1S/C20H25ClN6O4/c1-12(2)10-27-17(22)16(18(28)23-20(27)29)26(8-9-30-3)11-15-24-25-19(31-15)13-4-6-14(21)7-5-13/h4-7,12H,8-11,22H2,1-3H3,(H,23,28,29). The first-order chi connectivity index (χ1) is 14.8. The molecule has 1 aromatic carbocycles. The van der Waals surface area contributed by atoms with Crippen molar-refractivity contribution in [2.24, 2.45) is 5.92 Å². The van der Waals surface area contributed by atoms with E-state index in [2.05, 4.69) is 15.2 Å². The largest absolute Gasteiger partial charge is 0.419 e. The van der Waals surface area contributed by atoms with E-state index in [-0.39, 0.29) is 29.9 Å². The third-order valence-electron chi connectivity index (χ3n) is 4.53. The van der Waals surface area contributed by atoms with Crippen LogP contribution in [0.2, 0.25) is 5.02 Å². The molecule has 0 amide bonds. The molecule has 0 saturated carbocycles. The van der Waals surface area contributed by atoms with Gasteiger partial charge in [-0.15, -0.1) is 10.2 Å². The molecule has 0 aliphatic carbocycles. The van der Waals surface area contributed by atoms with Gasteiger partial charge in [0.1, 0.15) is 11.5 Å². The van der Waals surface area contributed by atoms with Gasteiger partial charge in [0.25, 0.3) is 5.56 Å². The lowest BCUT2D eigenvalue weighted by molar-refractivity contribution is 0.204. The Labute approximate surface area is 183 Å². The molecule has 2 aromatic heterocycles. The average Bonchev–Trinajstić information content (AvgIpc) is 3.18. The number of hydrogen-bond acceptors (Lipinski definition) is 8. The number of nitrogens with one attached hydrogen (secondary N) is 1. The predicted molar refractivity (Wildman–Crippen MR) is 118 cm³/mol. The van der Waals surface area contributed by atoms with E-state index in [4.69, 9.17) is 26.5 Å². The van der Waals surface area contributed by atoms with Gasteiger partial charge in [-0.2, -0.15) is 0 Å². The minimum atomic E-state index is -0.587. The Kier molecular flexibility index (Phi) is 7.13. The number of nitrogens with two attached hydrogens (primary N) is 1. The van der Waals surface area contributed by atoms with Gasteiger partial charge in [-0.05, 0) is 30.2 Å². The van der Waals surface area contributed by atoms with Crippen LogP contribution in [0.25, 0.3) is 11.5 Å². The zero-order chi connectivity index (χ0) is 22.5. The average molecular weight is 449 g/mol. The zero-order valence-electron chi connectivity index (χ0n) is 17.6. The highest BCUT2D eigenvalue weighted by Crippen LogP contribution is 2.23. The van der Waals surface area contributed by atoms with E-state index >= 15 is 0 Å². The first-order valence-corrected chi connectivity index (χ1v) is 10.1. The van der Waals surface area contributed by atoms with Crippen LogP contribution in [0.15, 0.2) is 38.3 Å². The quantitative estimate of drug-likeness (QED) is 0.508. The number of aromatic nitrogens is 4. The van der Waals surface area contributed by atoms with Crippen LogP contribution in [0.4, 0.5) is 11.5 Å². The molecule has 0 aliphatic heterocycles. The van der Waals surface area contributed by atoms with Gasteiger partial charge < -0.3 is 19.8 Å². The Morgan fingerprint density at radius 2 is 1.97 bits per heavy atom. The summed E-state index contributed by atoms with van der Waals surface area (Å²) in [6.45, 7) is 5.03. The minimum absolute atomic E-state index is 0.0796. The summed E-state index contributed by atoms with van der Waals surface area (Å²) in [4.78, 5) is 28.9. The van der Waals surface area contributed by atoms with Gasteiger partial charge in [0.2, 0.25) is 11.8 Å². The maximum atomic E-state index is 12.6. The molecular weight excluding hydrogens is 424 g/mol. The first-order valence-electron chi connectivity index (χ1n) is 9.75. The number of halogens is 1. The van der Waals surface area contributed by atoms with Crippen molar-refractivity contribution in [1.82, 2.24) is 19.7 Å². The summed E-state index contributed by atoms with van der Waals surface area (Å²) < 4.78 is 12.3. The monoisotopic (exact) mass is 448 g/mol. The molecule has 11 heteroatoms. The summed E-state index contributed by atoms with van der Waals surface area (Å²) in [6.07, 6.45) is 0. The van der Waals surface area contributed by atoms with E-state index in [1.165, 1.54) is 4.57 Å². The molecule has 0 fully saturated rings. The molecular formula is C20H25ClN6O4. The Morgan fingerprint density at radius 3 is 2.61 bits per heavy atom. The number of benzene rings is 1. The molecule has 3 N–H and O–H groups in total. The number of hydrogen-bond donors (Lipinski definition) is 2. The maximum absolute atomic E-state index is 12.6. The molecule has 0 bridgehead atoms. The smallest absolute Gasteiger partial charge is 0.330 e. The van der Waals surface area contributed by atoms with E-state index < -0.39 is 11.2 Å². The topological polar surface area (TPSA) is 132 Å². The molecule has 166 valence electrons. The number of anilines is 2. The zero-order valence-corrected chi connectivity index (χ0v) is 18.3. The SMILES string of the molecule is COCCN(Cc1nnc(-c2ccc(Cl)cc2)o1)c1c(N)n(CC(C)C)c(=O)[nH]c1=O. The summed E-state index contributed by atoms with van der Waals surface area (Å²) in [5.74, 6) is 0.839. The second kappa shape index (κ2) is 9.80. The predicted octanol–water partition coefficient (Wildman–Crippen LogP) is 2.13. The maximum Gasteiger partial charge on any atom is 0.330 e. The van der Waals surface area contributed by atoms with E-state index in [1.807, 2.05) is 13.8 Å². The fourth-order valence-electron chi connectivity index (χ4n) is 3.09. The van der Waals surface area contributed by atoms with Crippen LogP contribution in [0.1, 0.15) is 19.7 Å². The van der Waals surface area contributed by atoms with Gasteiger partial charge in [-0.3, -0.25) is 14.3 Å². The summed E-state index contributed by atoms with van der Waals surface area (Å²) in [5, 5.41) is 8.75. The van der Waals surface area contributed by atoms with Crippen LogP contribution < -0.4 is 21.9 Å². The number of methoxy groups -OCH3 is 1. The molecule has 0 radical (unpaired) electrons. The highest BCUT2D eigenvalue weighted by atomic mass is 35.5. The molecule has 2 heterocycles. The first kappa shape index (κ1) is 22.6. The third-order valence-corrected chi connectivity index (χ3v) is 4.78. The van der Waals surface area contributed by atoms with Crippen molar-refractivity contribution in [1.29, 1.82) is 0 Å². The van der Waals surface area contributed by atoms with Gasteiger partial charge in [0, 0.05) is 30.8 Å². The number of nitrogen functional groups attached to an aromatic ring is 1. The van der Waals surface area contributed by atoms with Gasteiger partial charge >= 0.3 is 5.69 Å². The molecule has 0 saturated heterocycles. The van der Waals surface area contributed by atoms with Gasteiger partial charge in [0.05, 0.1) is 13.2 Å². The van der Waals surface area contributed by atoms with E-state index in [0.29, 0.717) is 30.6 Å². The highest BCUT2D eigenvalue weighted by molar-refractivity contribution is 6.30. The van der Waals surface area contributed by atoms with Gasteiger partial charge in [-0.1, -0.05) is 25.4 Å². The number of ether oxygens (including phenoxy) is 1. The van der Waals surface area contributed by atoms with Gasteiger partial charge in [0.15, 0.2) is 0 Å². The molecule has 0 atom stereocenters. The number of aromatic amines is 1. The van der Waals surface area contributed by atoms with Crippen molar-refractivity contribution < 1.29 is 9.15 Å². The van der Waals surface area contributed by atoms with Crippen molar-refractivity contribution in [2.45, 2.75) is 26.9 Å². The lowest BCUT2D eigenvalue weighted by atomic mass is 10.2. The van der Waals surface area contributed by atoms with Crippen LogP contribution in [-0.4, -0.2) is 40.0 Å². The highest BCUT2D eigenvalue weighted by Gasteiger charge is 2.22. The molecule has 3 rings (SSSR count). The summed E-state index contributed by atoms with van der Waals surface area (Å²) in [7, 11) is 1.55. The van der Waals surface area contributed by atoms with Gasteiger partial charge in [-0.25, -0.2) is 4.79 Å². The third kappa shape index (κ3) is 5.33. The van der Waals surface area contributed by atoms with Crippen molar-refractivity contribution in [3.63, 3.8) is 0 Å². The number of nitrogens with zero attached hydrogens (tertiary/aromatic N) is 4. The second-order valence-corrected chi connectivity index (χ2v) is 7.86. The van der Waals surface area contributed by atoms with E-state index in [1.54, 1.807) is 36.3 Å². The van der Waals surface area contributed by atoms with Crippen LogP contribution >= 0.6 is 11.6 Å². The molecule has 0 aliphatic rings. The molecule has 0 unspecified atom stereocenters. The summed E-state index contributed by atoms with van der Waals surface area (Å²) in [6, 6.07) is 6.99. The number of rotatable bonds is 9. The molecule has 0 spiro atoms. The van der Waals surface area contributed by atoms with Crippen molar-refractivity contribution in [3.05, 3.63) is 56.0 Å². The van der Waals surface area contributed by atoms with E-state index in [0.717, 1.165) is 5.56 Å². The Balaban J connectivity index is 1.96. The fraction of sp³-hybridized carbons (Fsp3) is 0.400. The van der Waals surface area contributed by atoms with Crippen molar-refractivity contribution in [2.75, 3.05) is 30.9 Å². The normalized spacial score (nSPS) is 11.3. The molecule has 3 aromatic rings. The Morgan fingerprint density at radius 1 is 1.26 bits per heavy atom. The number of H-pyrrole nitrogens is 1. The van der Waals surface area contributed by atoms with Crippen LogP contribution in [0.3, 0.4) is 0 Å². The van der Waals surface area contributed by atoms with Crippen molar-refractivity contribution >= 4 is 23.1 Å². The lowest BCUT2D eigenvalue weighted by Crippen LogP contribution is -2.40. The molecule has 10 nitrogen and oxygen atoms in total. The Hall–Kier alpha value is -3.11. The van der Waals surface area contributed by atoms with Crippen LogP contribution in [-0.2, 0) is 17.8 Å².